The fourth-order valence-corrected chi connectivity index (χ4v) is 13.3. The van der Waals surface area contributed by atoms with Crippen molar-refractivity contribution in [3.8, 4) is 0 Å². The number of anilines is 1. The van der Waals surface area contributed by atoms with E-state index < -0.39 is 101 Å². The molecule has 55 heavy (non-hydrogen) atoms. The van der Waals surface area contributed by atoms with Crippen molar-refractivity contribution >= 4 is 45.9 Å². The Labute approximate surface area is 317 Å². The highest BCUT2D eigenvalue weighted by atomic mass is 32.2. The number of benzene rings is 3. The molecule has 1 atom stereocenters. The Balaban J connectivity index is 1.29. The second-order valence-electron chi connectivity index (χ2n) is 15.9. The maximum Gasteiger partial charge on any atom is 0.420 e. The topological polar surface area (TPSA) is 103 Å². The molecule has 4 aromatic rings. The van der Waals surface area contributed by atoms with Gasteiger partial charge in [-0.05, 0) is 51.9 Å². The van der Waals surface area contributed by atoms with Gasteiger partial charge in [-0.25, -0.2) is 17.4 Å². The van der Waals surface area contributed by atoms with E-state index in [-0.39, 0.29) is 23.4 Å². The van der Waals surface area contributed by atoms with Crippen molar-refractivity contribution < 1.29 is 44.6 Å². The van der Waals surface area contributed by atoms with E-state index in [1.165, 1.54) is 37.4 Å². The van der Waals surface area contributed by atoms with Gasteiger partial charge in [0.1, 0.15) is 23.6 Å². The van der Waals surface area contributed by atoms with Gasteiger partial charge in [-0.2, -0.15) is 22.6 Å². The van der Waals surface area contributed by atoms with Crippen LogP contribution < -0.4 is 15.7 Å². The number of hydrogen-bond acceptors (Lipinski definition) is 5. The molecule has 1 N–H and O–H groups in total. The Morgan fingerprint density at radius 3 is 1.98 bits per heavy atom. The van der Waals surface area contributed by atoms with Crippen molar-refractivity contribution in [1.29, 1.82) is 0 Å². The zero-order valence-corrected chi connectivity index (χ0v) is 32.8. The number of rotatable bonds is 11. The normalized spacial score (nSPS) is 18.5. The van der Waals surface area contributed by atoms with Crippen LogP contribution in [0, 0.1) is 5.41 Å². The highest BCUT2D eigenvalue weighted by Gasteiger charge is 2.58. The highest BCUT2D eigenvalue weighted by molar-refractivity contribution is 7.93. The molecule has 6 rings (SSSR count). The van der Waals surface area contributed by atoms with Gasteiger partial charge in [0.25, 0.3) is 20.1 Å². The van der Waals surface area contributed by atoms with E-state index in [2.05, 4.69) is 14.8 Å². The lowest BCUT2D eigenvalue weighted by molar-refractivity contribution is -0.160. The molecule has 2 fully saturated rings. The van der Waals surface area contributed by atoms with Crippen molar-refractivity contribution in [2.75, 3.05) is 18.2 Å². The van der Waals surface area contributed by atoms with E-state index in [0.717, 1.165) is 10.4 Å². The number of halogens is 6. The standard InChI is InChI=1S/C39H42F6N4O4SSi/c1-35(2,3)55(28-15-8-6-9-16-28,29-17-10-7-11-18-29)53-22-30(50)48-54(5,52)27-14-12-13-26(21-27)46-34(51)32-31(39(43,44)45)33(37(40)19-20-37)47-49(32)25-36(4)23-38(41,42)24-36/h6-18,21H,19-20,22-25H2,1-5H3,(H,46,51). The number of alkyl halides is 6. The highest BCUT2D eigenvalue weighted by Crippen LogP contribution is 2.55. The molecule has 0 radical (unpaired) electrons. The van der Waals surface area contributed by atoms with Gasteiger partial charge in [-0.15, -0.1) is 0 Å². The summed E-state index contributed by atoms with van der Waals surface area (Å²) in [5.74, 6) is -5.15. The van der Waals surface area contributed by atoms with Crippen molar-refractivity contribution in [3.05, 3.63) is 102 Å². The van der Waals surface area contributed by atoms with E-state index in [1.807, 2.05) is 81.4 Å². The molecule has 3 aromatic carbocycles. The van der Waals surface area contributed by atoms with Crippen LogP contribution in [0.15, 0.2) is 94.2 Å². The molecule has 0 spiro atoms. The van der Waals surface area contributed by atoms with E-state index in [4.69, 9.17) is 4.43 Å². The zero-order chi connectivity index (χ0) is 40.2. The van der Waals surface area contributed by atoms with Crippen molar-refractivity contribution in [1.82, 2.24) is 9.78 Å². The third-order valence-electron chi connectivity index (χ3n) is 10.1. The molecule has 294 valence electrons. The average Bonchev–Trinajstić information content (AvgIpc) is 3.70. The number of hydrogen-bond donors (Lipinski definition) is 1. The molecule has 1 unspecified atom stereocenters. The molecule has 2 amide bonds. The summed E-state index contributed by atoms with van der Waals surface area (Å²) in [6, 6.07) is 24.4. The van der Waals surface area contributed by atoms with Crippen molar-refractivity contribution in [2.45, 2.75) is 87.6 Å². The lowest BCUT2D eigenvalue weighted by Crippen LogP contribution is -2.66. The summed E-state index contributed by atoms with van der Waals surface area (Å²) >= 11 is 0. The fraction of sp³-hybridized carbons (Fsp3) is 0.410. The molecule has 16 heteroatoms. The number of nitrogens with one attached hydrogen (secondary N) is 1. The molecule has 0 aliphatic heterocycles. The van der Waals surface area contributed by atoms with Gasteiger partial charge in [-0.1, -0.05) is 94.4 Å². The van der Waals surface area contributed by atoms with Gasteiger partial charge in [0, 0.05) is 36.2 Å². The van der Waals surface area contributed by atoms with E-state index >= 15 is 4.39 Å². The molecule has 2 saturated carbocycles. The first kappa shape index (κ1) is 40.4. The third-order valence-corrected chi connectivity index (χ3v) is 16.8. The van der Waals surface area contributed by atoms with Crippen LogP contribution in [0.3, 0.4) is 0 Å². The fourth-order valence-electron chi connectivity index (χ4n) is 7.61. The van der Waals surface area contributed by atoms with Crippen LogP contribution in [-0.2, 0) is 37.3 Å². The molecule has 1 heterocycles. The van der Waals surface area contributed by atoms with E-state index in [0.29, 0.717) is 4.68 Å². The largest absolute Gasteiger partial charge is 0.420 e. The summed E-state index contributed by atoms with van der Waals surface area (Å²) < 4.78 is 112. The Morgan fingerprint density at radius 1 is 0.927 bits per heavy atom. The average molecular weight is 805 g/mol. The molecule has 8 nitrogen and oxygen atoms in total. The summed E-state index contributed by atoms with van der Waals surface area (Å²) in [5, 5.41) is 7.61. The summed E-state index contributed by atoms with van der Waals surface area (Å²) in [7, 11) is -6.65. The van der Waals surface area contributed by atoms with Crippen LogP contribution in [0.2, 0.25) is 5.04 Å². The minimum Gasteiger partial charge on any atom is -0.398 e. The molecular weight excluding hydrogens is 763 g/mol. The zero-order valence-electron chi connectivity index (χ0n) is 31.0. The first-order chi connectivity index (χ1) is 25.5. The number of aromatic nitrogens is 2. The number of nitrogens with zero attached hydrogens (tertiary/aromatic N) is 3. The Bertz CT molecular complexity index is 2180. The smallest absolute Gasteiger partial charge is 0.398 e. The minimum absolute atomic E-state index is 0.0146. The van der Waals surface area contributed by atoms with Crippen LogP contribution in [0.1, 0.15) is 75.1 Å². The van der Waals surface area contributed by atoms with Crippen LogP contribution in [0.4, 0.5) is 32.0 Å². The minimum atomic E-state index is -5.21. The Morgan fingerprint density at radius 2 is 1.49 bits per heavy atom. The van der Waals surface area contributed by atoms with Gasteiger partial charge in [0.05, 0.1) is 9.73 Å². The van der Waals surface area contributed by atoms with Gasteiger partial charge >= 0.3 is 6.18 Å². The second-order valence-corrected chi connectivity index (χ2v) is 22.5. The van der Waals surface area contributed by atoms with Gasteiger partial charge < -0.3 is 9.74 Å². The maximum atomic E-state index is 15.3. The van der Waals surface area contributed by atoms with Crippen molar-refractivity contribution in [3.63, 3.8) is 0 Å². The third kappa shape index (κ3) is 8.17. The molecule has 1 aromatic heterocycles. The molecule has 0 bridgehead atoms. The molecule has 2 aliphatic rings. The monoisotopic (exact) mass is 804 g/mol. The Kier molecular flexibility index (Phi) is 10.3. The SMILES string of the molecule is CC1(Cn2nc(C3(F)CC3)c(C(F)(F)F)c2C(=O)Nc2cccc(S(C)(=O)=NC(=O)CO[Si](c3ccccc3)(c3ccccc3)C(C)(C)C)c2)CC(F)(F)C1. The van der Waals surface area contributed by atoms with E-state index in [9.17, 15) is 35.8 Å². The second kappa shape index (κ2) is 14.0. The maximum absolute atomic E-state index is 15.3. The lowest BCUT2D eigenvalue weighted by atomic mass is 9.67. The first-order valence-electron chi connectivity index (χ1n) is 17.7. The number of amides is 2. The summed E-state index contributed by atoms with van der Waals surface area (Å²) in [5.41, 5.74) is -7.25. The lowest BCUT2D eigenvalue weighted by Gasteiger charge is -2.44. The van der Waals surface area contributed by atoms with Crippen LogP contribution in [0.5, 0.6) is 0 Å². The van der Waals surface area contributed by atoms with Gasteiger partial charge in [-0.3, -0.25) is 14.3 Å². The summed E-state index contributed by atoms with van der Waals surface area (Å²) in [4.78, 5) is 27.1. The predicted octanol–water partition coefficient (Wildman–Crippen LogP) is 8.11. The quantitative estimate of drug-likeness (QED) is 0.122. The van der Waals surface area contributed by atoms with Gasteiger partial charge in [0.2, 0.25) is 5.92 Å². The number of carbonyl (C=O) groups is 2. The molecule has 2 aliphatic carbocycles. The predicted molar refractivity (Wildman–Crippen MR) is 199 cm³/mol. The van der Waals surface area contributed by atoms with Crippen molar-refractivity contribution in [2.24, 2.45) is 9.78 Å². The number of carbonyl (C=O) groups excluding carboxylic acids is 2. The van der Waals surface area contributed by atoms with E-state index in [1.54, 1.807) is 0 Å². The molecular formula is C39H42F6N4O4SSi. The Hall–Kier alpha value is -4.28. The first-order valence-corrected chi connectivity index (χ1v) is 21.5. The molecule has 0 saturated heterocycles. The van der Waals surface area contributed by atoms with Crippen LogP contribution in [-0.4, -0.2) is 52.9 Å². The van der Waals surface area contributed by atoms with Gasteiger partial charge in [0.15, 0.2) is 5.67 Å². The van der Waals surface area contributed by atoms with Crippen LogP contribution >= 0.6 is 0 Å². The summed E-state index contributed by atoms with van der Waals surface area (Å²) in [6.07, 6.45) is -5.75. The van der Waals surface area contributed by atoms with Crippen LogP contribution in [0.25, 0.3) is 0 Å². The summed E-state index contributed by atoms with van der Waals surface area (Å²) in [6.45, 7) is 6.55.